The molecule has 8 heteroatoms. The Labute approximate surface area is 208 Å². The van der Waals surface area contributed by atoms with Gasteiger partial charge < -0.3 is 30.8 Å². The number of carboxylic acids is 1. The lowest BCUT2D eigenvalue weighted by Crippen LogP contribution is -2.62. The van der Waals surface area contributed by atoms with Crippen molar-refractivity contribution in [1.29, 1.82) is 0 Å². The van der Waals surface area contributed by atoms with Crippen LogP contribution in [0.3, 0.4) is 0 Å². The average molecular weight is 496 g/mol. The molecule has 0 unspecified atom stereocenters. The Kier molecular flexibility index (Phi) is 7.60. The highest BCUT2D eigenvalue weighted by molar-refractivity contribution is 5.83. The zero-order chi connectivity index (χ0) is 25.7. The highest BCUT2D eigenvalue weighted by Crippen LogP contribution is 2.68. The Hall–Kier alpha value is -1.22. The van der Waals surface area contributed by atoms with Gasteiger partial charge in [0.05, 0.1) is 24.9 Å². The monoisotopic (exact) mass is 495 g/mol. The van der Waals surface area contributed by atoms with Crippen molar-refractivity contribution in [3.63, 3.8) is 0 Å². The zero-order valence-electron chi connectivity index (χ0n) is 21.4. The van der Waals surface area contributed by atoms with Gasteiger partial charge in [-0.3, -0.25) is 4.79 Å². The largest absolute Gasteiger partial charge is 0.480 e. The van der Waals surface area contributed by atoms with Crippen molar-refractivity contribution in [1.82, 2.24) is 5.32 Å². The highest BCUT2D eigenvalue weighted by atomic mass is 16.4. The van der Waals surface area contributed by atoms with Crippen molar-refractivity contribution in [2.45, 2.75) is 103 Å². The smallest absolute Gasteiger partial charge is 0.328 e. The SMILES string of the molecule is C[C@H](CCC(=O)N[C@@H](CO)C(=O)O)[C@H]1CC[C@H]2[C@@H]3[C@H](O)C[C@@H]4C[C@H](O)CC[C@]4(C)[C@H]3C[C@H](O)[C@]12C. The van der Waals surface area contributed by atoms with E-state index in [0.717, 1.165) is 38.5 Å². The standard InChI is InChI=1S/C27H45NO7/c1-14(4-7-23(33)28-20(13-29)25(34)35)17-5-6-18-24-19(12-22(32)27(17,18)3)26(2)9-8-16(30)10-15(26)11-21(24)31/h14-22,24,29-32H,4-13H2,1-3H3,(H,28,33)(H,34,35)/t14-,15+,16-,17-,18+,19+,20+,21-,22+,24+,26+,27-/m1/s1. The lowest BCUT2D eigenvalue weighted by atomic mass is 9.43. The summed E-state index contributed by atoms with van der Waals surface area (Å²) in [5, 5.41) is 53.8. The third-order valence-electron chi connectivity index (χ3n) is 11.2. The van der Waals surface area contributed by atoms with Crippen LogP contribution in [0, 0.1) is 46.3 Å². The first-order valence-corrected chi connectivity index (χ1v) is 13.6. The van der Waals surface area contributed by atoms with Gasteiger partial charge >= 0.3 is 5.97 Å². The van der Waals surface area contributed by atoms with Crippen molar-refractivity contribution in [2.24, 2.45) is 46.3 Å². The summed E-state index contributed by atoms with van der Waals surface area (Å²) in [5.41, 5.74) is -0.287. The van der Waals surface area contributed by atoms with Gasteiger partial charge in [0.25, 0.3) is 0 Å². The van der Waals surface area contributed by atoms with E-state index in [4.69, 9.17) is 10.2 Å². The fraction of sp³-hybridized carbons (Fsp3) is 0.926. The molecule has 4 aliphatic rings. The van der Waals surface area contributed by atoms with E-state index in [1.54, 1.807) is 0 Å². The number of fused-ring (bicyclic) bond motifs is 5. The number of rotatable bonds is 7. The minimum atomic E-state index is -1.29. The number of carbonyl (C=O) groups is 2. The van der Waals surface area contributed by atoms with Crippen molar-refractivity contribution >= 4 is 11.9 Å². The van der Waals surface area contributed by atoms with E-state index in [2.05, 4.69) is 26.1 Å². The molecule has 12 atom stereocenters. The molecule has 4 aliphatic carbocycles. The van der Waals surface area contributed by atoms with Gasteiger partial charge in [-0.2, -0.15) is 0 Å². The fourth-order valence-electron chi connectivity index (χ4n) is 9.14. The number of carboxylic acid groups (broad SMARTS) is 1. The Morgan fingerprint density at radius 3 is 2.40 bits per heavy atom. The quantitative estimate of drug-likeness (QED) is 0.316. The van der Waals surface area contributed by atoms with Crippen LogP contribution in [0.25, 0.3) is 0 Å². The summed E-state index contributed by atoms with van der Waals surface area (Å²) in [6.45, 7) is 5.98. The maximum Gasteiger partial charge on any atom is 0.328 e. The maximum atomic E-state index is 12.3. The number of nitrogens with one attached hydrogen (secondary N) is 1. The molecule has 0 aliphatic heterocycles. The normalized spacial score (nSPS) is 46.6. The molecule has 4 fully saturated rings. The molecule has 0 spiro atoms. The van der Waals surface area contributed by atoms with Crippen molar-refractivity contribution in [2.75, 3.05) is 6.61 Å². The van der Waals surface area contributed by atoms with E-state index >= 15 is 0 Å². The molecule has 0 aromatic carbocycles. The van der Waals surface area contributed by atoms with Gasteiger partial charge in [-0.25, -0.2) is 4.79 Å². The number of hydrogen-bond acceptors (Lipinski definition) is 6. The summed E-state index contributed by atoms with van der Waals surface area (Å²) in [5.74, 6) is -0.337. The van der Waals surface area contributed by atoms with Crippen LogP contribution in [0.1, 0.15) is 78.6 Å². The van der Waals surface area contributed by atoms with Crippen LogP contribution in [0.4, 0.5) is 0 Å². The lowest BCUT2D eigenvalue weighted by Gasteiger charge is -2.63. The maximum absolute atomic E-state index is 12.3. The first-order chi connectivity index (χ1) is 16.4. The van der Waals surface area contributed by atoms with E-state index in [1.807, 2.05) is 0 Å². The molecule has 1 amide bonds. The second-order valence-electron chi connectivity index (χ2n) is 12.7. The first-order valence-electron chi connectivity index (χ1n) is 13.6. The molecule has 6 N–H and O–H groups in total. The van der Waals surface area contributed by atoms with Crippen LogP contribution in [-0.4, -0.2) is 68.4 Å². The van der Waals surface area contributed by atoms with Gasteiger partial charge in [-0.05, 0) is 97.7 Å². The molecule has 0 radical (unpaired) electrons. The number of aliphatic hydroxyl groups excluding tert-OH is 4. The number of hydrogen-bond donors (Lipinski definition) is 6. The van der Waals surface area contributed by atoms with Crippen LogP contribution in [-0.2, 0) is 9.59 Å². The zero-order valence-corrected chi connectivity index (χ0v) is 21.4. The summed E-state index contributed by atoms with van der Waals surface area (Å²) in [6, 6.07) is -1.29. The molecule has 200 valence electrons. The van der Waals surface area contributed by atoms with Crippen molar-refractivity contribution < 1.29 is 35.1 Å². The summed E-state index contributed by atoms with van der Waals surface area (Å²) < 4.78 is 0. The number of aliphatic hydroxyl groups is 4. The fourth-order valence-corrected chi connectivity index (χ4v) is 9.14. The van der Waals surface area contributed by atoms with Crippen LogP contribution in [0.15, 0.2) is 0 Å². The van der Waals surface area contributed by atoms with Gasteiger partial charge in [0.15, 0.2) is 0 Å². The molecule has 0 heterocycles. The predicted octanol–water partition coefficient (Wildman–Crippen LogP) is 1.93. The minimum absolute atomic E-state index is 0.0423. The van der Waals surface area contributed by atoms with E-state index in [9.17, 15) is 24.9 Å². The third kappa shape index (κ3) is 4.53. The van der Waals surface area contributed by atoms with Crippen molar-refractivity contribution in [3.8, 4) is 0 Å². The molecule has 0 saturated heterocycles. The van der Waals surface area contributed by atoms with Crippen LogP contribution >= 0.6 is 0 Å². The van der Waals surface area contributed by atoms with Gasteiger partial charge in [0, 0.05) is 6.42 Å². The molecule has 8 nitrogen and oxygen atoms in total. The van der Waals surface area contributed by atoms with Gasteiger partial charge in [-0.1, -0.05) is 20.8 Å². The van der Waals surface area contributed by atoms with Crippen LogP contribution in [0.5, 0.6) is 0 Å². The van der Waals surface area contributed by atoms with Crippen LogP contribution < -0.4 is 5.32 Å². The summed E-state index contributed by atoms with van der Waals surface area (Å²) in [4.78, 5) is 23.4. The van der Waals surface area contributed by atoms with Gasteiger partial charge in [0.1, 0.15) is 6.04 Å². The summed E-state index contributed by atoms with van der Waals surface area (Å²) >= 11 is 0. The van der Waals surface area contributed by atoms with E-state index in [-0.39, 0.29) is 58.9 Å². The number of aliphatic carboxylic acids is 1. The van der Waals surface area contributed by atoms with Crippen molar-refractivity contribution in [3.05, 3.63) is 0 Å². The molecule has 0 bridgehead atoms. The molecular weight excluding hydrogens is 450 g/mol. The Bertz CT molecular complexity index is 806. The predicted molar refractivity (Wildman–Crippen MR) is 129 cm³/mol. The second-order valence-corrected chi connectivity index (χ2v) is 12.7. The minimum Gasteiger partial charge on any atom is -0.480 e. The van der Waals surface area contributed by atoms with E-state index < -0.39 is 30.8 Å². The topological polar surface area (TPSA) is 147 Å². The molecular formula is C27H45NO7. The summed E-state index contributed by atoms with van der Waals surface area (Å²) in [7, 11) is 0. The van der Waals surface area contributed by atoms with Gasteiger partial charge in [-0.15, -0.1) is 0 Å². The van der Waals surface area contributed by atoms with Gasteiger partial charge in [0.2, 0.25) is 5.91 Å². The Morgan fingerprint density at radius 2 is 1.74 bits per heavy atom. The number of carbonyl (C=O) groups excluding carboxylic acids is 1. The second kappa shape index (κ2) is 9.92. The molecule has 35 heavy (non-hydrogen) atoms. The highest BCUT2D eigenvalue weighted by Gasteiger charge is 2.65. The third-order valence-corrected chi connectivity index (χ3v) is 11.2. The molecule has 4 rings (SSSR count). The Morgan fingerprint density at radius 1 is 1.03 bits per heavy atom. The average Bonchev–Trinajstić information content (AvgIpc) is 3.16. The molecule has 4 saturated carbocycles. The number of amides is 1. The molecule has 0 aromatic heterocycles. The first kappa shape index (κ1) is 26.8. The Balaban J connectivity index is 1.47. The molecule has 0 aromatic rings. The summed E-state index contributed by atoms with van der Waals surface area (Å²) in [6.07, 6.45) is 5.39. The van der Waals surface area contributed by atoms with E-state index in [1.165, 1.54) is 0 Å². The van der Waals surface area contributed by atoms with Crippen LogP contribution in [0.2, 0.25) is 0 Å². The lowest BCUT2D eigenvalue weighted by molar-refractivity contribution is -0.207. The van der Waals surface area contributed by atoms with E-state index in [0.29, 0.717) is 18.8 Å².